The van der Waals surface area contributed by atoms with Crippen molar-refractivity contribution in [2.45, 2.75) is 40.0 Å². The highest BCUT2D eigenvalue weighted by atomic mass is 14.9. The van der Waals surface area contributed by atoms with E-state index in [1.54, 1.807) is 0 Å². The van der Waals surface area contributed by atoms with Gasteiger partial charge in [0, 0.05) is 11.6 Å². The number of fused-ring (bicyclic) bond motifs is 1. The third-order valence-electron chi connectivity index (χ3n) is 4.78. The molecule has 0 N–H and O–H groups in total. The molecule has 0 radical (unpaired) electrons. The summed E-state index contributed by atoms with van der Waals surface area (Å²) >= 11 is 0. The topological polar surface area (TPSA) is 3.88 Å². The van der Waals surface area contributed by atoms with Crippen LogP contribution in [0, 0.1) is 13.8 Å². The SMILES string of the molecule is [2H]c1cc(C)c(C)c(-c2c3ccc(C(C)(C)C)cc3cc[n+]2C)c1. The minimum absolute atomic E-state index is 0.139. The van der Waals surface area contributed by atoms with Gasteiger partial charge in [-0.15, -0.1) is 0 Å². The van der Waals surface area contributed by atoms with E-state index in [1.807, 2.05) is 12.1 Å². The van der Waals surface area contributed by atoms with E-state index in [0.29, 0.717) is 6.04 Å². The zero-order valence-corrected chi connectivity index (χ0v) is 15.0. The largest absolute Gasteiger partial charge is 0.220 e. The Morgan fingerprint density at radius 1 is 1.00 bits per heavy atom. The number of hydrogen-bond donors (Lipinski definition) is 0. The summed E-state index contributed by atoms with van der Waals surface area (Å²) in [5, 5.41) is 2.49. The lowest BCUT2D eigenvalue weighted by molar-refractivity contribution is -0.659. The van der Waals surface area contributed by atoms with Gasteiger partial charge in [0.2, 0.25) is 5.69 Å². The maximum Gasteiger partial charge on any atom is 0.220 e. The molecule has 0 saturated heterocycles. The fourth-order valence-electron chi connectivity index (χ4n) is 3.10. The van der Waals surface area contributed by atoms with Gasteiger partial charge in [0.05, 0.1) is 6.76 Å². The number of aromatic nitrogens is 1. The minimum Gasteiger partial charge on any atom is -0.200 e. The van der Waals surface area contributed by atoms with Gasteiger partial charge in [0.25, 0.3) is 0 Å². The van der Waals surface area contributed by atoms with Crippen LogP contribution >= 0.6 is 0 Å². The summed E-state index contributed by atoms with van der Waals surface area (Å²) in [4.78, 5) is 0. The van der Waals surface area contributed by atoms with E-state index >= 15 is 0 Å². The standard InChI is InChI=1S/C22H26N/c1-15-8-7-9-19(16(15)2)21-20-11-10-18(22(3,4)5)14-17(20)12-13-23(21)6/h7-14H,1-6H3/q+1/i7D. The fraction of sp³-hybridized carbons (Fsp3) is 0.318. The van der Waals surface area contributed by atoms with Gasteiger partial charge in [-0.1, -0.05) is 45.0 Å². The molecule has 23 heavy (non-hydrogen) atoms. The Morgan fingerprint density at radius 2 is 1.74 bits per heavy atom. The average molecular weight is 305 g/mol. The zero-order chi connectivity index (χ0) is 17.6. The van der Waals surface area contributed by atoms with Crippen LogP contribution < -0.4 is 4.57 Å². The van der Waals surface area contributed by atoms with Gasteiger partial charge in [-0.2, -0.15) is 0 Å². The first-order valence-corrected chi connectivity index (χ1v) is 8.19. The van der Waals surface area contributed by atoms with Crippen molar-refractivity contribution >= 4 is 10.8 Å². The first-order valence-electron chi connectivity index (χ1n) is 8.69. The van der Waals surface area contributed by atoms with Crippen molar-refractivity contribution in [2.75, 3.05) is 0 Å². The number of benzene rings is 2. The van der Waals surface area contributed by atoms with E-state index in [2.05, 4.69) is 76.7 Å². The highest BCUT2D eigenvalue weighted by Crippen LogP contribution is 2.32. The summed E-state index contributed by atoms with van der Waals surface area (Å²) < 4.78 is 10.3. The molecular formula is C22H26N+. The summed E-state index contributed by atoms with van der Waals surface area (Å²) in [7, 11) is 2.08. The van der Waals surface area contributed by atoms with Crippen LogP contribution in [0.4, 0.5) is 0 Å². The molecule has 0 atom stereocenters. The van der Waals surface area contributed by atoms with Crippen LogP contribution in [0.2, 0.25) is 0 Å². The smallest absolute Gasteiger partial charge is 0.200 e. The summed E-state index contributed by atoms with van der Waals surface area (Å²) in [5.74, 6) is 0. The van der Waals surface area contributed by atoms with Gasteiger partial charge >= 0.3 is 0 Å². The molecule has 3 aromatic rings. The fourth-order valence-corrected chi connectivity index (χ4v) is 3.10. The number of nitrogens with zero attached hydrogens (tertiary/aromatic N) is 1. The molecule has 1 nitrogen and oxygen atoms in total. The quantitative estimate of drug-likeness (QED) is 0.541. The second kappa shape index (κ2) is 5.49. The Hall–Kier alpha value is -2.15. The van der Waals surface area contributed by atoms with Crippen molar-refractivity contribution in [2.24, 2.45) is 7.05 Å². The molecule has 0 aliphatic heterocycles. The van der Waals surface area contributed by atoms with E-state index in [-0.39, 0.29) is 5.41 Å². The molecule has 0 aliphatic rings. The molecule has 1 heterocycles. The first kappa shape index (κ1) is 14.4. The van der Waals surface area contributed by atoms with Crippen LogP contribution in [0.3, 0.4) is 0 Å². The molecular weight excluding hydrogens is 278 g/mol. The molecule has 0 spiro atoms. The highest BCUT2D eigenvalue weighted by molar-refractivity contribution is 5.94. The van der Waals surface area contributed by atoms with Gasteiger partial charge in [-0.3, -0.25) is 0 Å². The number of hydrogen-bond acceptors (Lipinski definition) is 0. The third kappa shape index (κ3) is 2.76. The predicted octanol–water partition coefficient (Wildman–Crippen LogP) is 5.25. The van der Waals surface area contributed by atoms with Crippen molar-refractivity contribution in [3.05, 3.63) is 65.3 Å². The van der Waals surface area contributed by atoms with Crippen LogP contribution in [0.25, 0.3) is 22.0 Å². The lowest BCUT2D eigenvalue weighted by Gasteiger charge is -2.19. The van der Waals surface area contributed by atoms with Crippen LogP contribution in [-0.4, -0.2) is 0 Å². The maximum absolute atomic E-state index is 8.11. The van der Waals surface area contributed by atoms with Crippen molar-refractivity contribution in [1.29, 1.82) is 0 Å². The summed E-state index contributed by atoms with van der Waals surface area (Å²) in [6.07, 6.45) is 2.12. The first-order chi connectivity index (χ1) is 11.2. The lowest BCUT2D eigenvalue weighted by Crippen LogP contribution is -2.30. The van der Waals surface area contributed by atoms with Gasteiger partial charge in [0.15, 0.2) is 6.20 Å². The summed E-state index contributed by atoms with van der Waals surface area (Å²) in [6.45, 7) is 11.0. The Morgan fingerprint density at radius 3 is 2.43 bits per heavy atom. The summed E-state index contributed by atoms with van der Waals surface area (Å²) in [5.41, 5.74) is 6.23. The molecule has 0 aliphatic carbocycles. The van der Waals surface area contributed by atoms with Crippen LogP contribution in [0.15, 0.2) is 48.6 Å². The molecule has 1 aromatic heterocycles. The Labute approximate surface area is 141 Å². The Kier molecular flexibility index (Phi) is 3.45. The number of pyridine rings is 1. The molecule has 1 heteroatoms. The van der Waals surface area contributed by atoms with Crippen molar-refractivity contribution in [3.8, 4) is 11.3 Å². The van der Waals surface area contributed by atoms with Crippen molar-refractivity contribution in [3.63, 3.8) is 0 Å². The van der Waals surface area contributed by atoms with Gasteiger partial charge in [0.1, 0.15) is 7.05 Å². The van der Waals surface area contributed by atoms with Crippen LogP contribution in [-0.2, 0) is 12.5 Å². The predicted molar refractivity (Wildman–Crippen MR) is 98.7 cm³/mol. The van der Waals surface area contributed by atoms with E-state index in [9.17, 15) is 0 Å². The lowest BCUT2D eigenvalue weighted by atomic mass is 9.85. The molecule has 0 amide bonds. The monoisotopic (exact) mass is 305 g/mol. The van der Waals surface area contributed by atoms with Crippen LogP contribution in [0.1, 0.15) is 38.8 Å². The molecule has 0 fully saturated rings. The van der Waals surface area contributed by atoms with Crippen molar-refractivity contribution in [1.82, 2.24) is 0 Å². The zero-order valence-electron chi connectivity index (χ0n) is 16.0. The molecule has 118 valence electrons. The molecule has 0 bridgehead atoms. The summed E-state index contributed by atoms with van der Waals surface area (Å²) in [6, 6.07) is 13.4. The number of aryl methyl sites for hydroxylation is 2. The Bertz CT molecular complexity index is 933. The Balaban J connectivity index is 2.35. The van der Waals surface area contributed by atoms with Gasteiger partial charge in [-0.25, -0.2) is 4.57 Å². The van der Waals surface area contributed by atoms with E-state index in [0.717, 1.165) is 5.56 Å². The molecule has 2 aromatic carbocycles. The number of rotatable bonds is 1. The normalized spacial score (nSPS) is 12.5. The second-order valence-corrected chi connectivity index (χ2v) is 7.50. The van der Waals surface area contributed by atoms with Gasteiger partial charge < -0.3 is 0 Å². The van der Waals surface area contributed by atoms with E-state index in [1.165, 1.54) is 33.2 Å². The minimum atomic E-state index is 0.139. The highest BCUT2D eigenvalue weighted by Gasteiger charge is 2.20. The average Bonchev–Trinajstić information content (AvgIpc) is 2.50. The van der Waals surface area contributed by atoms with E-state index in [4.69, 9.17) is 1.37 Å². The van der Waals surface area contributed by atoms with Crippen molar-refractivity contribution < 1.29 is 5.94 Å². The molecule has 3 rings (SSSR count). The maximum atomic E-state index is 8.11. The third-order valence-corrected chi connectivity index (χ3v) is 4.78. The second-order valence-electron chi connectivity index (χ2n) is 7.50. The van der Waals surface area contributed by atoms with E-state index < -0.39 is 0 Å². The molecule has 0 saturated carbocycles. The molecule has 0 unspecified atom stereocenters. The van der Waals surface area contributed by atoms with Gasteiger partial charge in [-0.05, 0) is 53.5 Å². The van der Waals surface area contributed by atoms with Crippen LogP contribution in [0.5, 0.6) is 0 Å².